The Bertz CT molecular complexity index is 577. The maximum Gasteiger partial charge on any atom is 0.252 e. The number of aromatic nitrogens is 1. The van der Waals surface area contributed by atoms with Gasteiger partial charge in [0, 0.05) is 16.5 Å². The van der Waals surface area contributed by atoms with E-state index >= 15 is 0 Å². The number of carbonyl (C=O) groups excluding carboxylic acids is 1. The molecule has 20 heavy (non-hydrogen) atoms. The lowest BCUT2D eigenvalue weighted by atomic mass is 10.1. The first-order valence-corrected chi connectivity index (χ1v) is 7.84. The van der Waals surface area contributed by atoms with Crippen LogP contribution in [0.25, 0.3) is 0 Å². The highest BCUT2D eigenvalue weighted by Crippen LogP contribution is 2.23. The maximum absolute atomic E-state index is 12.4. The predicted molar refractivity (Wildman–Crippen MR) is 83.2 cm³/mol. The first kappa shape index (κ1) is 14.7. The molecule has 0 aromatic carbocycles. The van der Waals surface area contributed by atoms with Crippen molar-refractivity contribution in [3.63, 3.8) is 0 Å². The SMILES string of the molecule is CCc1c(C(=O)N[C@H](CC)c2ccccn2)csc1C. The molecule has 4 heteroatoms. The molecular weight excluding hydrogens is 268 g/mol. The van der Waals surface area contributed by atoms with Crippen molar-refractivity contribution >= 4 is 17.2 Å². The highest BCUT2D eigenvalue weighted by atomic mass is 32.1. The Morgan fingerprint density at radius 3 is 2.80 bits per heavy atom. The third kappa shape index (κ3) is 3.07. The number of pyridine rings is 1. The van der Waals surface area contributed by atoms with Crippen molar-refractivity contribution < 1.29 is 4.79 Å². The van der Waals surface area contributed by atoms with E-state index in [2.05, 4.69) is 31.1 Å². The Balaban J connectivity index is 2.17. The van der Waals surface area contributed by atoms with Crippen LogP contribution in [0.4, 0.5) is 0 Å². The third-order valence-corrected chi connectivity index (χ3v) is 4.41. The molecule has 2 rings (SSSR count). The molecule has 0 bridgehead atoms. The number of nitrogens with one attached hydrogen (secondary N) is 1. The van der Waals surface area contributed by atoms with Crippen molar-refractivity contribution in [1.29, 1.82) is 0 Å². The minimum absolute atomic E-state index is 0.00343. The topological polar surface area (TPSA) is 42.0 Å². The summed E-state index contributed by atoms with van der Waals surface area (Å²) in [6, 6.07) is 5.75. The predicted octanol–water partition coefficient (Wildman–Crippen LogP) is 3.90. The average Bonchev–Trinajstić information content (AvgIpc) is 2.86. The van der Waals surface area contributed by atoms with E-state index in [9.17, 15) is 4.79 Å². The standard InChI is InChI=1S/C16H20N2OS/c1-4-12-11(3)20-10-13(12)16(19)18-14(5-2)15-8-6-7-9-17-15/h6-10,14H,4-5H2,1-3H3,(H,18,19)/t14-/m1/s1. The van der Waals surface area contributed by atoms with E-state index < -0.39 is 0 Å². The normalized spacial score (nSPS) is 12.2. The summed E-state index contributed by atoms with van der Waals surface area (Å²) < 4.78 is 0. The van der Waals surface area contributed by atoms with Crippen LogP contribution in [0.5, 0.6) is 0 Å². The summed E-state index contributed by atoms with van der Waals surface area (Å²) >= 11 is 1.64. The van der Waals surface area contributed by atoms with Crippen LogP contribution in [0.3, 0.4) is 0 Å². The molecule has 2 aromatic heterocycles. The number of carbonyl (C=O) groups is 1. The van der Waals surface area contributed by atoms with Crippen molar-refractivity contribution in [3.8, 4) is 0 Å². The monoisotopic (exact) mass is 288 g/mol. The molecule has 106 valence electrons. The van der Waals surface area contributed by atoms with Gasteiger partial charge < -0.3 is 5.32 Å². The van der Waals surface area contributed by atoms with Crippen LogP contribution < -0.4 is 5.32 Å². The molecule has 0 aliphatic carbocycles. The zero-order valence-electron chi connectivity index (χ0n) is 12.1. The first-order valence-electron chi connectivity index (χ1n) is 6.96. The molecule has 1 amide bonds. The Hall–Kier alpha value is -1.68. The van der Waals surface area contributed by atoms with Crippen molar-refractivity contribution in [2.24, 2.45) is 0 Å². The molecule has 2 aromatic rings. The summed E-state index contributed by atoms with van der Waals surface area (Å²) in [6.45, 7) is 6.21. The lowest BCUT2D eigenvalue weighted by Crippen LogP contribution is -2.29. The van der Waals surface area contributed by atoms with Crippen LogP contribution in [0, 0.1) is 6.92 Å². The number of amides is 1. The smallest absolute Gasteiger partial charge is 0.252 e. The molecule has 0 unspecified atom stereocenters. The molecular formula is C16H20N2OS. The van der Waals surface area contributed by atoms with Gasteiger partial charge in [-0.2, -0.15) is 0 Å². The molecule has 0 spiro atoms. The van der Waals surface area contributed by atoms with E-state index in [-0.39, 0.29) is 11.9 Å². The number of aryl methyl sites for hydroxylation is 1. The summed E-state index contributed by atoms with van der Waals surface area (Å²) in [4.78, 5) is 18.0. The minimum atomic E-state index is -0.0337. The largest absolute Gasteiger partial charge is 0.344 e. The highest BCUT2D eigenvalue weighted by molar-refractivity contribution is 7.10. The van der Waals surface area contributed by atoms with E-state index in [1.165, 1.54) is 4.88 Å². The van der Waals surface area contributed by atoms with Gasteiger partial charge in [0.15, 0.2) is 0 Å². The summed E-state index contributed by atoms with van der Waals surface area (Å²) in [5, 5.41) is 5.05. The minimum Gasteiger partial charge on any atom is -0.344 e. The molecule has 3 nitrogen and oxygen atoms in total. The Morgan fingerprint density at radius 1 is 1.40 bits per heavy atom. The van der Waals surface area contributed by atoms with E-state index in [1.54, 1.807) is 17.5 Å². The zero-order chi connectivity index (χ0) is 14.5. The summed E-state index contributed by atoms with van der Waals surface area (Å²) in [6.07, 6.45) is 3.47. The van der Waals surface area contributed by atoms with Crippen LogP contribution in [-0.4, -0.2) is 10.9 Å². The number of rotatable bonds is 5. The van der Waals surface area contributed by atoms with Gasteiger partial charge in [0.1, 0.15) is 0 Å². The molecule has 0 radical (unpaired) electrons. The van der Waals surface area contributed by atoms with Crippen molar-refractivity contribution in [1.82, 2.24) is 10.3 Å². The maximum atomic E-state index is 12.4. The summed E-state index contributed by atoms with van der Waals surface area (Å²) in [7, 11) is 0. The van der Waals surface area contributed by atoms with Gasteiger partial charge in [0.25, 0.3) is 5.91 Å². The van der Waals surface area contributed by atoms with Gasteiger partial charge in [-0.3, -0.25) is 9.78 Å². The number of hydrogen-bond donors (Lipinski definition) is 1. The van der Waals surface area contributed by atoms with Gasteiger partial charge in [-0.15, -0.1) is 11.3 Å². The van der Waals surface area contributed by atoms with E-state index in [1.807, 2.05) is 23.6 Å². The Kier molecular flexibility index (Phi) is 4.90. The number of nitrogens with zero attached hydrogens (tertiary/aromatic N) is 1. The zero-order valence-corrected chi connectivity index (χ0v) is 13.0. The van der Waals surface area contributed by atoms with Crippen molar-refractivity contribution in [2.45, 2.75) is 39.7 Å². The molecule has 1 N–H and O–H groups in total. The second kappa shape index (κ2) is 6.66. The van der Waals surface area contributed by atoms with Gasteiger partial charge in [-0.25, -0.2) is 0 Å². The van der Waals surface area contributed by atoms with Gasteiger partial charge in [0.2, 0.25) is 0 Å². The molecule has 1 atom stereocenters. The lowest BCUT2D eigenvalue weighted by molar-refractivity contribution is 0.0934. The fourth-order valence-electron chi connectivity index (χ4n) is 2.31. The molecule has 0 fully saturated rings. The van der Waals surface area contributed by atoms with Crippen molar-refractivity contribution in [2.75, 3.05) is 0 Å². The Morgan fingerprint density at radius 2 is 2.20 bits per heavy atom. The summed E-state index contributed by atoms with van der Waals surface area (Å²) in [5.74, 6) is 0.00343. The van der Waals surface area contributed by atoms with Gasteiger partial charge in [-0.05, 0) is 37.5 Å². The molecule has 0 saturated heterocycles. The van der Waals surface area contributed by atoms with E-state index in [4.69, 9.17) is 0 Å². The van der Waals surface area contributed by atoms with Crippen LogP contribution >= 0.6 is 11.3 Å². The lowest BCUT2D eigenvalue weighted by Gasteiger charge is -2.16. The van der Waals surface area contributed by atoms with Crippen LogP contribution in [0.2, 0.25) is 0 Å². The molecule has 2 heterocycles. The summed E-state index contributed by atoms with van der Waals surface area (Å²) in [5.41, 5.74) is 2.88. The number of thiophene rings is 1. The average molecular weight is 288 g/mol. The second-order valence-electron chi connectivity index (χ2n) is 4.73. The third-order valence-electron chi connectivity index (χ3n) is 3.46. The Labute approximate surface area is 124 Å². The van der Waals surface area contributed by atoms with Crippen LogP contribution in [-0.2, 0) is 6.42 Å². The van der Waals surface area contributed by atoms with Crippen LogP contribution in [0.15, 0.2) is 29.8 Å². The van der Waals surface area contributed by atoms with Gasteiger partial charge in [-0.1, -0.05) is 19.9 Å². The van der Waals surface area contributed by atoms with Crippen molar-refractivity contribution in [3.05, 3.63) is 51.5 Å². The molecule has 0 aliphatic heterocycles. The fraction of sp³-hybridized carbons (Fsp3) is 0.375. The molecule has 0 aliphatic rings. The highest BCUT2D eigenvalue weighted by Gasteiger charge is 2.18. The van der Waals surface area contributed by atoms with E-state index in [0.29, 0.717) is 0 Å². The molecule has 0 saturated carbocycles. The van der Waals surface area contributed by atoms with E-state index in [0.717, 1.165) is 29.7 Å². The van der Waals surface area contributed by atoms with Gasteiger partial charge >= 0.3 is 0 Å². The van der Waals surface area contributed by atoms with Crippen LogP contribution in [0.1, 0.15) is 52.8 Å². The van der Waals surface area contributed by atoms with Gasteiger partial charge in [0.05, 0.1) is 17.3 Å². The quantitative estimate of drug-likeness (QED) is 0.906. The number of hydrogen-bond acceptors (Lipinski definition) is 3. The second-order valence-corrected chi connectivity index (χ2v) is 5.81. The first-order chi connectivity index (χ1) is 9.67. The fourth-order valence-corrected chi connectivity index (χ4v) is 3.25.